The molecule has 1 atom stereocenters. The summed E-state index contributed by atoms with van der Waals surface area (Å²) < 4.78 is 5.30. The molecule has 0 bridgehead atoms. The number of H-pyrrole nitrogens is 1. The number of hydrogen-bond acceptors (Lipinski definition) is 5. The largest absolute Gasteiger partial charge is 0.496 e. The van der Waals surface area contributed by atoms with Crippen LogP contribution in [-0.2, 0) is 11.3 Å². The Bertz CT molecular complexity index is 867. The normalized spacial score (nSPS) is 11.8. The summed E-state index contributed by atoms with van der Waals surface area (Å²) in [6.07, 6.45) is 0. The Morgan fingerprint density at radius 3 is 2.69 bits per heavy atom. The van der Waals surface area contributed by atoms with Gasteiger partial charge in [0.2, 0.25) is 11.1 Å². The molecule has 0 saturated carbocycles. The maximum atomic E-state index is 12.4. The van der Waals surface area contributed by atoms with Crippen LogP contribution in [0.3, 0.4) is 0 Å². The third-order valence-corrected chi connectivity index (χ3v) is 4.77. The molecule has 0 aliphatic heterocycles. The van der Waals surface area contributed by atoms with Gasteiger partial charge in [-0.1, -0.05) is 60.3 Å². The Morgan fingerprint density at radius 1 is 1.19 bits per heavy atom. The van der Waals surface area contributed by atoms with Crippen LogP contribution >= 0.6 is 11.8 Å². The van der Waals surface area contributed by atoms with E-state index in [4.69, 9.17) is 4.74 Å². The first-order chi connectivity index (χ1) is 12.7. The van der Waals surface area contributed by atoms with Crippen LogP contribution in [0.5, 0.6) is 5.75 Å². The van der Waals surface area contributed by atoms with Crippen molar-refractivity contribution in [3.63, 3.8) is 0 Å². The highest BCUT2D eigenvalue weighted by molar-refractivity contribution is 8.00. The number of nitrogens with one attached hydrogen (secondary N) is 2. The zero-order valence-corrected chi connectivity index (χ0v) is 15.4. The highest BCUT2D eigenvalue weighted by atomic mass is 32.2. The summed E-state index contributed by atoms with van der Waals surface area (Å²) in [7, 11) is 1.62. The molecule has 0 spiro atoms. The molecule has 3 aromatic rings. The predicted octanol–water partition coefficient (Wildman–Crippen LogP) is 3.28. The Labute approximate surface area is 156 Å². The van der Waals surface area contributed by atoms with E-state index in [1.165, 1.54) is 11.8 Å². The molecule has 1 heterocycles. The molecule has 6 nitrogen and oxygen atoms in total. The lowest BCUT2D eigenvalue weighted by molar-refractivity contribution is -0.120. The van der Waals surface area contributed by atoms with Crippen LogP contribution in [0.4, 0.5) is 0 Å². The smallest absolute Gasteiger partial charge is 0.233 e. The van der Waals surface area contributed by atoms with Crippen molar-refractivity contribution >= 4 is 17.7 Å². The third kappa shape index (κ3) is 4.43. The SMILES string of the molecule is COc1ccccc1CNC(=O)[C@H](C)Sc1n[nH]c(-c2ccccc2)n1. The van der Waals surface area contributed by atoms with E-state index in [9.17, 15) is 4.79 Å². The zero-order chi connectivity index (χ0) is 18.4. The molecule has 7 heteroatoms. The van der Waals surface area contributed by atoms with Gasteiger partial charge in [0.15, 0.2) is 5.82 Å². The summed E-state index contributed by atoms with van der Waals surface area (Å²) in [6, 6.07) is 17.4. The van der Waals surface area contributed by atoms with E-state index in [1.54, 1.807) is 7.11 Å². The Balaban J connectivity index is 1.57. The van der Waals surface area contributed by atoms with Crippen LogP contribution in [0, 0.1) is 0 Å². The number of aromatic nitrogens is 3. The van der Waals surface area contributed by atoms with Crippen molar-refractivity contribution in [1.82, 2.24) is 20.5 Å². The minimum atomic E-state index is -0.316. The number of amides is 1. The maximum Gasteiger partial charge on any atom is 0.233 e. The van der Waals surface area contributed by atoms with Crippen LogP contribution in [0.15, 0.2) is 59.8 Å². The van der Waals surface area contributed by atoms with E-state index in [-0.39, 0.29) is 11.2 Å². The fourth-order valence-electron chi connectivity index (χ4n) is 2.41. The number of hydrogen-bond donors (Lipinski definition) is 2. The molecule has 1 amide bonds. The standard InChI is InChI=1S/C19H20N4O2S/c1-13(18(24)20-12-15-10-6-7-11-16(15)25-2)26-19-21-17(22-23-19)14-8-4-3-5-9-14/h3-11,13H,12H2,1-2H3,(H,20,24)(H,21,22,23)/t13-/m0/s1. The highest BCUT2D eigenvalue weighted by Gasteiger charge is 2.17. The summed E-state index contributed by atoms with van der Waals surface area (Å²) in [5, 5.41) is 10.3. The average Bonchev–Trinajstić information content (AvgIpc) is 3.15. The number of ether oxygens (including phenoxy) is 1. The first kappa shape index (κ1) is 18.0. The van der Waals surface area contributed by atoms with E-state index < -0.39 is 0 Å². The average molecular weight is 368 g/mol. The minimum absolute atomic E-state index is 0.0769. The molecule has 3 rings (SSSR count). The number of benzene rings is 2. The summed E-state index contributed by atoms with van der Waals surface area (Å²) >= 11 is 1.32. The summed E-state index contributed by atoms with van der Waals surface area (Å²) in [4.78, 5) is 16.8. The number of carbonyl (C=O) groups is 1. The van der Waals surface area contributed by atoms with Crippen LogP contribution in [0.2, 0.25) is 0 Å². The van der Waals surface area contributed by atoms with E-state index >= 15 is 0 Å². The fraction of sp³-hybridized carbons (Fsp3) is 0.211. The lowest BCUT2D eigenvalue weighted by atomic mass is 10.2. The van der Waals surface area contributed by atoms with Crippen molar-refractivity contribution in [2.24, 2.45) is 0 Å². The van der Waals surface area contributed by atoms with Crippen LogP contribution in [0.1, 0.15) is 12.5 Å². The van der Waals surface area contributed by atoms with Crippen molar-refractivity contribution in [3.8, 4) is 17.1 Å². The van der Waals surface area contributed by atoms with Crippen LogP contribution in [0.25, 0.3) is 11.4 Å². The topological polar surface area (TPSA) is 79.9 Å². The van der Waals surface area contributed by atoms with Gasteiger partial charge in [0, 0.05) is 17.7 Å². The Morgan fingerprint density at radius 2 is 1.92 bits per heavy atom. The number of aromatic amines is 1. The van der Waals surface area contributed by atoms with Gasteiger partial charge in [-0.3, -0.25) is 9.89 Å². The molecule has 134 valence electrons. The zero-order valence-electron chi connectivity index (χ0n) is 14.6. The number of methoxy groups -OCH3 is 1. The van der Waals surface area contributed by atoms with Crippen molar-refractivity contribution < 1.29 is 9.53 Å². The molecule has 2 N–H and O–H groups in total. The van der Waals surface area contributed by atoms with Crippen molar-refractivity contribution in [3.05, 3.63) is 60.2 Å². The van der Waals surface area contributed by atoms with E-state index in [1.807, 2.05) is 61.5 Å². The first-order valence-corrected chi connectivity index (χ1v) is 9.09. The van der Waals surface area contributed by atoms with E-state index in [2.05, 4.69) is 20.5 Å². The first-order valence-electron chi connectivity index (χ1n) is 8.21. The predicted molar refractivity (Wildman–Crippen MR) is 102 cm³/mol. The van der Waals surface area contributed by atoms with E-state index in [0.717, 1.165) is 16.9 Å². The number of para-hydroxylation sites is 1. The number of carbonyl (C=O) groups excluding carboxylic acids is 1. The summed E-state index contributed by atoms with van der Waals surface area (Å²) in [5.74, 6) is 1.37. The summed E-state index contributed by atoms with van der Waals surface area (Å²) in [6.45, 7) is 2.25. The van der Waals surface area contributed by atoms with Gasteiger partial charge in [-0.2, -0.15) is 0 Å². The molecule has 26 heavy (non-hydrogen) atoms. The van der Waals surface area contributed by atoms with Crippen molar-refractivity contribution in [2.45, 2.75) is 23.9 Å². The highest BCUT2D eigenvalue weighted by Crippen LogP contribution is 2.23. The van der Waals surface area contributed by atoms with Crippen molar-refractivity contribution in [2.75, 3.05) is 7.11 Å². The molecule has 0 fully saturated rings. The molecule has 0 aliphatic carbocycles. The lowest BCUT2D eigenvalue weighted by Crippen LogP contribution is -2.30. The third-order valence-electron chi connectivity index (χ3n) is 3.81. The number of thioether (sulfide) groups is 1. The second-order valence-electron chi connectivity index (χ2n) is 5.62. The quantitative estimate of drug-likeness (QED) is 0.626. The second kappa shape index (κ2) is 8.53. The number of rotatable bonds is 7. The van der Waals surface area contributed by atoms with Gasteiger partial charge in [0.05, 0.1) is 12.4 Å². The monoisotopic (exact) mass is 368 g/mol. The van der Waals surface area contributed by atoms with Gasteiger partial charge in [-0.05, 0) is 13.0 Å². The Hall–Kier alpha value is -2.80. The molecular formula is C19H20N4O2S. The van der Waals surface area contributed by atoms with Crippen LogP contribution in [-0.4, -0.2) is 33.4 Å². The molecular weight excluding hydrogens is 348 g/mol. The van der Waals surface area contributed by atoms with Gasteiger partial charge in [0.1, 0.15) is 5.75 Å². The Kier molecular flexibility index (Phi) is 5.91. The molecule has 2 aromatic carbocycles. The minimum Gasteiger partial charge on any atom is -0.496 e. The van der Waals surface area contributed by atoms with Crippen LogP contribution < -0.4 is 10.1 Å². The molecule has 1 aromatic heterocycles. The van der Waals surface area contributed by atoms with Gasteiger partial charge >= 0.3 is 0 Å². The fourth-order valence-corrected chi connectivity index (χ4v) is 3.16. The van der Waals surface area contributed by atoms with Gasteiger partial charge in [-0.15, -0.1) is 5.10 Å². The van der Waals surface area contributed by atoms with Crippen molar-refractivity contribution in [1.29, 1.82) is 0 Å². The van der Waals surface area contributed by atoms with E-state index in [0.29, 0.717) is 17.5 Å². The van der Waals surface area contributed by atoms with Gasteiger partial charge in [-0.25, -0.2) is 4.98 Å². The maximum absolute atomic E-state index is 12.4. The van der Waals surface area contributed by atoms with Gasteiger partial charge in [0.25, 0.3) is 0 Å². The summed E-state index contributed by atoms with van der Waals surface area (Å²) in [5.41, 5.74) is 1.89. The second-order valence-corrected chi connectivity index (χ2v) is 6.93. The lowest BCUT2D eigenvalue weighted by Gasteiger charge is -2.12. The molecule has 0 aliphatic rings. The molecule has 0 saturated heterocycles. The number of nitrogens with zero attached hydrogens (tertiary/aromatic N) is 2. The van der Waals surface area contributed by atoms with Gasteiger partial charge < -0.3 is 10.1 Å². The molecule has 0 unspecified atom stereocenters. The molecule has 0 radical (unpaired) electrons.